The van der Waals surface area contributed by atoms with Gasteiger partial charge in [-0.3, -0.25) is 9.79 Å². The Morgan fingerprint density at radius 3 is 2.70 bits per heavy atom. The van der Waals surface area contributed by atoms with Gasteiger partial charge in [0.1, 0.15) is 0 Å². The van der Waals surface area contributed by atoms with E-state index in [9.17, 15) is 4.79 Å². The Hall–Kier alpha value is -2.08. The number of benzene rings is 1. The Balaban J connectivity index is 1.71. The van der Waals surface area contributed by atoms with Crippen LogP contribution < -0.4 is 16.0 Å². The quantitative estimate of drug-likeness (QED) is 0.353. The molecule has 0 bridgehead atoms. The molecular weight excluding hydrogens is 340 g/mol. The smallest absolute Gasteiger partial charge is 0.251 e. The van der Waals surface area contributed by atoms with E-state index in [2.05, 4.69) is 20.9 Å². The molecule has 2 rings (SSSR count). The Kier molecular flexibility index (Phi) is 8.10. The highest BCUT2D eigenvalue weighted by Crippen LogP contribution is 2.28. The summed E-state index contributed by atoms with van der Waals surface area (Å²) in [5.41, 5.74) is 1.45. The van der Waals surface area contributed by atoms with E-state index in [1.807, 2.05) is 45.0 Å². The van der Waals surface area contributed by atoms with Crippen molar-refractivity contribution in [2.45, 2.75) is 52.1 Å². The van der Waals surface area contributed by atoms with Crippen molar-refractivity contribution in [1.82, 2.24) is 16.0 Å². The summed E-state index contributed by atoms with van der Waals surface area (Å²) >= 11 is 0. The molecular formula is C21H34N4O2. The zero-order valence-corrected chi connectivity index (χ0v) is 17.1. The second-order valence-electron chi connectivity index (χ2n) is 8.13. The van der Waals surface area contributed by atoms with Crippen LogP contribution in [0.1, 0.15) is 56.0 Å². The molecule has 0 aliphatic heterocycles. The third kappa shape index (κ3) is 8.91. The van der Waals surface area contributed by atoms with E-state index in [4.69, 9.17) is 4.74 Å². The molecule has 27 heavy (non-hydrogen) atoms. The molecule has 0 heterocycles. The monoisotopic (exact) mass is 374 g/mol. The highest BCUT2D eigenvalue weighted by Gasteiger charge is 2.20. The van der Waals surface area contributed by atoms with Crippen LogP contribution >= 0.6 is 0 Å². The number of ether oxygens (including phenoxy) is 1. The maximum absolute atomic E-state index is 12.3. The van der Waals surface area contributed by atoms with Crippen molar-refractivity contribution in [3.05, 3.63) is 35.4 Å². The lowest BCUT2D eigenvalue weighted by atomic mass is 10.1. The van der Waals surface area contributed by atoms with Crippen LogP contribution in [0, 0.1) is 5.92 Å². The minimum Gasteiger partial charge on any atom is -0.381 e. The van der Waals surface area contributed by atoms with Crippen LogP contribution in [0.5, 0.6) is 0 Å². The van der Waals surface area contributed by atoms with Crippen LogP contribution in [-0.4, -0.2) is 44.2 Å². The maximum atomic E-state index is 12.3. The number of guanidine groups is 1. The molecule has 3 N–H and O–H groups in total. The van der Waals surface area contributed by atoms with Crippen molar-refractivity contribution in [1.29, 1.82) is 0 Å². The predicted molar refractivity (Wildman–Crippen MR) is 110 cm³/mol. The molecule has 0 radical (unpaired) electrons. The van der Waals surface area contributed by atoms with Gasteiger partial charge in [-0.15, -0.1) is 0 Å². The Bertz CT molecular complexity index is 633. The summed E-state index contributed by atoms with van der Waals surface area (Å²) in [6.45, 7) is 9.04. The van der Waals surface area contributed by atoms with Crippen molar-refractivity contribution in [3.8, 4) is 0 Å². The Morgan fingerprint density at radius 1 is 1.26 bits per heavy atom. The number of nitrogens with one attached hydrogen (secondary N) is 3. The minimum atomic E-state index is -0.250. The molecule has 1 fully saturated rings. The van der Waals surface area contributed by atoms with E-state index in [1.165, 1.54) is 12.8 Å². The van der Waals surface area contributed by atoms with Gasteiger partial charge in [-0.25, -0.2) is 0 Å². The molecule has 0 saturated heterocycles. The highest BCUT2D eigenvalue weighted by molar-refractivity contribution is 5.94. The SMILES string of the molecule is CN=C(NCCCOCC1CC1)NCc1cccc(C(=O)NC(C)(C)C)c1. The van der Waals surface area contributed by atoms with Crippen molar-refractivity contribution in [3.63, 3.8) is 0 Å². The van der Waals surface area contributed by atoms with Gasteiger partial charge in [0.05, 0.1) is 0 Å². The van der Waals surface area contributed by atoms with Gasteiger partial charge in [0, 0.05) is 44.5 Å². The van der Waals surface area contributed by atoms with E-state index < -0.39 is 0 Å². The number of amides is 1. The molecule has 0 spiro atoms. The van der Waals surface area contributed by atoms with Gasteiger partial charge in [-0.05, 0) is 63.6 Å². The Morgan fingerprint density at radius 2 is 2.04 bits per heavy atom. The second-order valence-corrected chi connectivity index (χ2v) is 8.13. The molecule has 0 atom stereocenters. The number of carbonyl (C=O) groups is 1. The van der Waals surface area contributed by atoms with E-state index in [1.54, 1.807) is 7.05 Å². The largest absolute Gasteiger partial charge is 0.381 e. The molecule has 1 amide bonds. The summed E-state index contributed by atoms with van der Waals surface area (Å²) in [5, 5.41) is 9.56. The summed E-state index contributed by atoms with van der Waals surface area (Å²) in [6, 6.07) is 7.65. The number of carbonyl (C=O) groups excluding carboxylic acids is 1. The molecule has 0 unspecified atom stereocenters. The van der Waals surface area contributed by atoms with Crippen molar-refractivity contribution < 1.29 is 9.53 Å². The second kappa shape index (κ2) is 10.3. The third-order valence-electron chi connectivity index (χ3n) is 4.17. The zero-order chi connectivity index (χ0) is 19.7. The van der Waals surface area contributed by atoms with E-state index in [0.717, 1.165) is 43.6 Å². The molecule has 1 aliphatic rings. The first-order chi connectivity index (χ1) is 12.9. The normalized spacial score (nSPS) is 14.7. The maximum Gasteiger partial charge on any atom is 0.251 e. The van der Waals surface area contributed by atoms with Crippen LogP contribution in [0.3, 0.4) is 0 Å². The lowest BCUT2D eigenvalue weighted by Crippen LogP contribution is -2.40. The Labute approximate surface area is 163 Å². The van der Waals surface area contributed by atoms with Crippen molar-refractivity contribution in [2.75, 3.05) is 26.8 Å². The van der Waals surface area contributed by atoms with E-state index in [-0.39, 0.29) is 11.4 Å². The summed E-state index contributed by atoms with van der Waals surface area (Å²) in [6.07, 6.45) is 3.61. The lowest BCUT2D eigenvalue weighted by Gasteiger charge is -2.20. The molecule has 1 saturated carbocycles. The first-order valence-electron chi connectivity index (χ1n) is 9.81. The van der Waals surface area contributed by atoms with Crippen molar-refractivity contribution in [2.24, 2.45) is 10.9 Å². The number of hydrogen-bond donors (Lipinski definition) is 3. The van der Waals surface area contributed by atoms with Gasteiger partial charge < -0.3 is 20.7 Å². The van der Waals surface area contributed by atoms with Gasteiger partial charge in [0.2, 0.25) is 0 Å². The number of aliphatic imine (C=N–C) groups is 1. The first kappa shape index (κ1) is 21.2. The summed E-state index contributed by atoms with van der Waals surface area (Å²) in [7, 11) is 1.76. The third-order valence-corrected chi connectivity index (χ3v) is 4.17. The zero-order valence-electron chi connectivity index (χ0n) is 17.1. The lowest BCUT2D eigenvalue weighted by molar-refractivity contribution is 0.0919. The van der Waals surface area contributed by atoms with Crippen LogP contribution in [0.15, 0.2) is 29.3 Å². The van der Waals surface area contributed by atoms with E-state index >= 15 is 0 Å². The van der Waals surface area contributed by atoms with Crippen molar-refractivity contribution >= 4 is 11.9 Å². The average molecular weight is 375 g/mol. The molecule has 1 aliphatic carbocycles. The molecule has 1 aromatic carbocycles. The van der Waals surface area contributed by atoms with Crippen LogP contribution in [0.25, 0.3) is 0 Å². The molecule has 6 heteroatoms. The number of hydrogen-bond acceptors (Lipinski definition) is 3. The predicted octanol–water partition coefficient (Wildman–Crippen LogP) is 2.70. The number of rotatable bonds is 9. The molecule has 150 valence electrons. The fourth-order valence-corrected chi connectivity index (χ4v) is 2.56. The van der Waals surface area contributed by atoms with E-state index in [0.29, 0.717) is 12.1 Å². The summed E-state index contributed by atoms with van der Waals surface area (Å²) in [4.78, 5) is 16.5. The van der Waals surface area contributed by atoms with Crippen LogP contribution in [0.2, 0.25) is 0 Å². The van der Waals surface area contributed by atoms with Gasteiger partial charge in [-0.2, -0.15) is 0 Å². The average Bonchev–Trinajstić information content (AvgIpc) is 3.43. The molecule has 1 aromatic rings. The fourth-order valence-electron chi connectivity index (χ4n) is 2.56. The van der Waals surface area contributed by atoms with Gasteiger partial charge in [-0.1, -0.05) is 12.1 Å². The fraction of sp³-hybridized carbons (Fsp3) is 0.619. The van der Waals surface area contributed by atoms with Crippen LogP contribution in [0.4, 0.5) is 0 Å². The highest BCUT2D eigenvalue weighted by atomic mass is 16.5. The number of nitrogens with zero attached hydrogens (tertiary/aromatic N) is 1. The first-order valence-corrected chi connectivity index (χ1v) is 9.81. The summed E-state index contributed by atoms with van der Waals surface area (Å²) in [5.74, 6) is 1.51. The minimum absolute atomic E-state index is 0.0574. The topological polar surface area (TPSA) is 74.8 Å². The van der Waals surface area contributed by atoms with Gasteiger partial charge >= 0.3 is 0 Å². The van der Waals surface area contributed by atoms with Crippen LogP contribution in [-0.2, 0) is 11.3 Å². The molecule has 0 aromatic heterocycles. The standard InChI is InChI=1S/C21H34N4O2/c1-21(2,3)25-19(26)18-8-5-7-17(13-18)14-24-20(22-4)23-11-6-12-27-15-16-9-10-16/h5,7-8,13,16H,6,9-12,14-15H2,1-4H3,(H,25,26)(H2,22,23,24). The summed E-state index contributed by atoms with van der Waals surface area (Å²) < 4.78 is 5.63. The van der Waals surface area contributed by atoms with Gasteiger partial charge in [0.15, 0.2) is 5.96 Å². The van der Waals surface area contributed by atoms with Gasteiger partial charge in [0.25, 0.3) is 5.91 Å². The molecule has 6 nitrogen and oxygen atoms in total.